The lowest BCUT2D eigenvalue weighted by atomic mass is 10.0. The number of anilines is 2. The van der Waals surface area contributed by atoms with Gasteiger partial charge in [0.15, 0.2) is 0 Å². The van der Waals surface area contributed by atoms with E-state index in [0.29, 0.717) is 41.3 Å². The van der Waals surface area contributed by atoms with Gasteiger partial charge in [-0.3, -0.25) is 19.2 Å². The van der Waals surface area contributed by atoms with Gasteiger partial charge in [0.05, 0.1) is 24.5 Å². The lowest BCUT2D eigenvalue weighted by Crippen LogP contribution is -2.34. The number of thiophene rings is 1. The third-order valence-electron chi connectivity index (χ3n) is 7.58. The molecule has 3 aromatic carbocycles. The second kappa shape index (κ2) is 16.3. The van der Waals surface area contributed by atoms with E-state index in [4.69, 9.17) is 4.74 Å². The van der Waals surface area contributed by atoms with Crippen molar-refractivity contribution >= 4 is 69.5 Å². The predicted molar refractivity (Wildman–Crippen MR) is 193 cm³/mol. The summed E-state index contributed by atoms with van der Waals surface area (Å²) in [7, 11) is 0. The van der Waals surface area contributed by atoms with Gasteiger partial charge in [0.1, 0.15) is 10.7 Å². The Morgan fingerprint density at radius 2 is 1.73 bits per heavy atom. The minimum absolute atomic E-state index is 0.0352. The summed E-state index contributed by atoms with van der Waals surface area (Å²) in [5.74, 6) is -1.76. The normalized spacial score (nSPS) is 12.5. The Hall–Kier alpha value is -5.20. The molecule has 3 N–H and O–H groups in total. The van der Waals surface area contributed by atoms with Crippen molar-refractivity contribution in [1.29, 1.82) is 0 Å². The number of benzene rings is 3. The molecule has 0 fully saturated rings. The van der Waals surface area contributed by atoms with E-state index in [0.717, 1.165) is 26.5 Å². The van der Waals surface area contributed by atoms with Crippen molar-refractivity contribution in [3.05, 3.63) is 117 Å². The molecule has 0 saturated carbocycles. The summed E-state index contributed by atoms with van der Waals surface area (Å²) in [4.78, 5) is 67.7. The number of ether oxygens (including phenoxy) is 1. The molecule has 1 aliphatic rings. The molecule has 1 aromatic heterocycles. The standard InChI is InChI=1S/C37H36N4O6S2/c1-4-47-37(46)33-29-16-17-41(24(3)42)21-31(29)49-36(33)40-32(43)22-48-28-15-9-14-27(20-28)38-35(45)30(19-25-11-8-10-23(2)18-25)39-34(44)26-12-6-5-7-13-26/h5-15,18-20H,4,16-17,21-22H2,1-3H3,(H,38,45)(H,39,44)(H,40,43)/b30-19+. The SMILES string of the molecule is CCOC(=O)c1c(NC(=O)CSc2cccc(NC(=O)/C(=C\c3cccc(C)c3)NC(=O)c3ccccc3)c2)sc2c1CCN(C(C)=O)C2. The number of nitrogens with one attached hydrogen (secondary N) is 3. The summed E-state index contributed by atoms with van der Waals surface area (Å²) in [5.41, 5.74) is 3.88. The van der Waals surface area contributed by atoms with Crippen molar-refractivity contribution in [2.45, 2.75) is 38.6 Å². The van der Waals surface area contributed by atoms with Crippen molar-refractivity contribution in [3.8, 4) is 0 Å². The summed E-state index contributed by atoms with van der Waals surface area (Å²) in [6, 6.07) is 23.2. The first-order valence-corrected chi connectivity index (χ1v) is 17.5. The monoisotopic (exact) mass is 696 g/mol. The molecule has 4 aromatic rings. The number of nitrogens with zero attached hydrogens (tertiary/aromatic N) is 1. The van der Waals surface area contributed by atoms with E-state index in [1.54, 1.807) is 66.4 Å². The lowest BCUT2D eigenvalue weighted by molar-refractivity contribution is -0.129. The number of hydrogen-bond acceptors (Lipinski definition) is 8. The third-order valence-corrected chi connectivity index (χ3v) is 9.70. The zero-order valence-electron chi connectivity index (χ0n) is 27.3. The van der Waals surface area contributed by atoms with Crippen LogP contribution in [0.4, 0.5) is 10.7 Å². The highest BCUT2D eigenvalue weighted by molar-refractivity contribution is 8.00. The van der Waals surface area contributed by atoms with E-state index in [-0.39, 0.29) is 29.9 Å². The molecule has 5 rings (SSSR count). The van der Waals surface area contributed by atoms with Gasteiger partial charge in [-0.05, 0) is 67.8 Å². The highest BCUT2D eigenvalue weighted by atomic mass is 32.2. The zero-order chi connectivity index (χ0) is 34.9. The Kier molecular flexibility index (Phi) is 11.7. The van der Waals surface area contributed by atoms with Crippen molar-refractivity contribution in [2.75, 3.05) is 29.5 Å². The Balaban J connectivity index is 1.27. The van der Waals surface area contributed by atoms with E-state index in [1.807, 2.05) is 37.3 Å². The van der Waals surface area contributed by atoms with Crippen LogP contribution >= 0.6 is 23.1 Å². The minimum Gasteiger partial charge on any atom is -0.462 e. The molecule has 2 heterocycles. The first-order chi connectivity index (χ1) is 23.6. The van der Waals surface area contributed by atoms with Crippen molar-refractivity contribution in [3.63, 3.8) is 0 Å². The highest BCUT2D eigenvalue weighted by Gasteiger charge is 2.30. The number of fused-ring (bicyclic) bond motifs is 1. The average molecular weight is 697 g/mol. The topological polar surface area (TPSA) is 134 Å². The molecule has 12 heteroatoms. The number of carbonyl (C=O) groups is 5. The molecular weight excluding hydrogens is 661 g/mol. The molecule has 0 radical (unpaired) electrons. The summed E-state index contributed by atoms with van der Waals surface area (Å²) in [6.07, 6.45) is 2.12. The van der Waals surface area contributed by atoms with Gasteiger partial charge in [-0.15, -0.1) is 23.1 Å². The number of esters is 1. The van der Waals surface area contributed by atoms with Crippen LogP contribution in [0.2, 0.25) is 0 Å². The molecule has 0 saturated heterocycles. The smallest absolute Gasteiger partial charge is 0.341 e. The summed E-state index contributed by atoms with van der Waals surface area (Å²) in [5, 5.41) is 8.89. The fraction of sp³-hybridized carbons (Fsp3) is 0.216. The second-order valence-corrected chi connectivity index (χ2v) is 13.4. The first kappa shape index (κ1) is 35.1. The molecule has 0 aliphatic carbocycles. The van der Waals surface area contributed by atoms with Crippen LogP contribution in [0, 0.1) is 6.92 Å². The van der Waals surface area contributed by atoms with Crippen LogP contribution in [-0.4, -0.2) is 53.4 Å². The molecule has 10 nitrogen and oxygen atoms in total. The van der Waals surface area contributed by atoms with Gasteiger partial charge >= 0.3 is 5.97 Å². The van der Waals surface area contributed by atoms with Gasteiger partial charge in [0.25, 0.3) is 11.8 Å². The number of aryl methyl sites for hydroxylation is 1. The van der Waals surface area contributed by atoms with Crippen LogP contribution < -0.4 is 16.0 Å². The Bertz CT molecular complexity index is 1920. The van der Waals surface area contributed by atoms with Gasteiger partial charge < -0.3 is 25.6 Å². The van der Waals surface area contributed by atoms with Gasteiger partial charge in [0, 0.05) is 34.5 Å². The number of rotatable bonds is 11. The molecule has 1 aliphatic heterocycles. The van der Waals surface area contributed by atoms with E-state index in [1.165, 1.54) is 30.0 Å². The van der Waals surface area contributed by atoms with Gasteiger partial charge in [-0.25, -0.2) is 4.79 Å². The summed E-state index contributed by atoms with van der Waals surface area (Å²) < 4.78 is 5.29. The van der Waals surface area contributed by atoms with Crippen LogP contribution in [0.15, 0.2) is 89.5 Å². The quantitative estimate of drug-likeness (QED) is 0.0956. The molecular formula is C37H36N4O6S2. The Labute approximate surface area is 292 Å². The Morgan fingerprint density at radius 1 is 0.959 bits per heavy atom. The first-order valence-electron chi connectivity index (χ1n) is 15.7. The molecule has 0 atom stereocenters. The Morgan fingerprint density at radius 3 is 2.47 bits per heavy atom. The van der Waals surface area contributed by atoms with Crippen molar-refractivity contribution in [2.24, 2.45) is 0 Å². The molecule has 0 unspecified atom stereocenters. The van der Waals surface area contributed by atoms with Crippen LogP contribution in [0.25, 0.3) is 6.08 Å². The van der Waals surface area contributed by atoms with Crippen molar-refractivity contribution in [1.82, 2.24) is 10.2 Å². The minimum atomic E-state index is -0.512. The van der Waals surface area contributed by atoms with Crippen molar-refractivity contribution < 1.29 is 28.7 Å². The maximum atomic E-state index is 13.5. The molecule has 0 spiro atoms. The fourth-order valence-corrected chi connectivity index (χ4v) is 7.24. The predicted octanol–water partition coefficient (Wildman–Crippen LogP) is 6.28. The summed E-state index contributed by atoms with van der Waals surface area (Å²) in [6.45, 7) is 6.24. The number of hydrogen-bond donors (Lipinski definition) is 3. The van der Waals surface area contributed by atoms with Crippen LogP contribution in [0.1, 0.15) is 56.1 Å². The van der Waals surface area contributed by atoms with Gasteiger partial charge in [-0.2, -0.15) is 0 Å². The number of amides is 4. The largest absolute Gasteiger partial charge is 0.462 e. The van der Waals surface area contributed by atoms with Gasteiger partial charge in [-0.1, -0.05) is 54.1 Å². The van der Waals surface area contributed by atoms with Crippen LogP contribution in [0.3, 0.4) is 0 Å². The van der Waals surface area contributed by atoms with Gasteiger partial charge in [0.2, 0.25) is 11.8 Å². The summed E-state index contributed by atoms with van der Waals surface area (Å²) >= 11 is 2.55. The number of carbonyl (C=O) groups excluding carboxylic acids is 5. The third kappa shape index (κ3) is 9.24. The van der Waals surface area contributed by atoms with Crippen LogP contribution in [-0.2, 0) is 32.1 Å². The number of thioether (sulfide) groups is 1. The molecule has 4 amide bonds. The van der Waals surface area contributed by atoms with E-state index in [9.17, 15) is 24.0 Å². The molecule has 252 valence electrons. The maximum Gasteiger partial charge on any atom is 0.341 e. The maximum absolute atomic E-state index is 13.5. The highest BCUT2D eigenvalue weighted by Crippen LogP contribution is 2.38. The van der Waals surface area contributed by atoms with Crippen LogP contribution in [0.5, 0.6) is 0 Å². The van der Waals surface area contributed by atoms with E-state index in [2.05, 4.69) is 16.0 Å². The zero-order valence-corrected chi connectivity index (χ0v) is 29.0. The fourth-order valence-electron chi connectivity index (χ4n) is 5.22. The average Bonchev–Trinajstić information content (AvgIpc) is 3.44. The van der Waals surface area contributed by atoms with E-state index >= 15 is 0 Å². The van der Waals surface area contributed by atoms with E-state index < -0.39 is 17.8 Å². The second-order valence-electron chi connectivity index (χ2n) is 11.2. The molecule has 49 heavy (non-hydrogen) atoms. The molecule has 0 bridgehead atoms. The lowest BCUT2D eigenvalue weighted by Gasteiger charge is -2.25.